The zero-order valence-corrected chi connectivity index (χ0v) is 8.07. The van der Waals surface area contributed by atoms with E-state index in [1.807, 2.05) is 0 Å². The molecule has 0 radical (unpaired) electrons. The number of amides is 1. The van der Waals surface area contributed by atoms with Gasteiger partial charge in [0.1, 0.15) is 0 Å². The van der Waals surface area contributed by atoms with Gasteiger partial charge in [0.2, 0.25) is 5.91 Å². The molecule has 76 valence electrons. The van der Waals surface area contributed by atoms with Crippen molar-refractivity contribution in [1.82, 2.24) is 4.90 Å². The molecule has 0 aromatic heterocycles. The fourth-order valence-electron chi connectivity index (χ4n) is 1.87. The molecule has 4 heteroatoms. The summed E-state index contributed by atoms with van der Waals surface area (Å²) in [5, 5.41) is 9.41. The van der Waals surface area contributed by atoms with Crippen LogP contribution in [0.4, 0.5) is 0 Å². The molecule has 1 heterocycles. The smallest absolute Gasteiger partial charge is 0.224 e. The lowest BCUT2D eigenvalue weighted by atomic mass is 10.1. The third kappa shape index (κ3) is 2.42. The van der Waals surface area contributed by atoms with Crippen molar-refractivity contribution >= 4 is 5.91 Å². The standard InChI is InChI=1S/C9H18N2O2/c1-7(12)8-3-2-6-11(8)9(13)4-5-10/h7-8,12H,2-6,10H2,1H3/t7-,8+/m1/s1. The van der Waals surface area contributed by atoms with Crippen molar-refractivity contribution in [3.8, 4) is 0 Å². The summed E-state index contributed by atoms with van der Waals surface area (Å²) in [5.41, 5.74) is 5.31. The van der Waals surface area contributed by atoms with Crippen LogP contribution in [0.3, 0.4) is 0 Å². The molecule has 4 nitrogen and oxygen atoms in total. The average Bonchev–Trinajstić information content (AvgIpc) is 2.52. The van der Waals surface area contributed by atoms with Crippen LogP contribution in [0.1, 0.15) is 26.2 Å². The molecule has 1 amide bonds. The Bertz CT molecular complexity index is 182. The van der Waals surface area contributed by atoms with Gasteiger partial charge in [-0.1, -0.05) is 0 Å². The van der Waals surface area contributed by atoms with Gasteiger partial charge >= 0.3 is 0 Å². The highest BCUT2D eigenvalue weighted by atomic mass is 16.3. The number of aliphatic hydroxyl groups is 1. The Morgan fingerprint density at radius 1 is 1.77 bits per heavy atom. The maximum Gasteiger partial charge on any atom is 0.224 e. The molecule has 0 aliphatic carbocycles. The van der Waals surface area contributed by atoms with Crippen molar-refractivity contribution in [3.63, 3.8) is 0 Å². The fraction of sp³-hybridized carbons (Fsp3) is 0.889. The monoisotopic (exact) mass is 186 g/mol. The Labute approximate surface area is 78.7 Å². The quantitative estimate of drug-likeness (QED) is 0.636. The van der Waals surface area contributed by atoms with Gasteiger partial charge in [0.25, 0.3) is 0 Å². The second-order valence-corrected chi connectivity index (χ2v) is 3.58. The van der Waals surface area contributed by atoms with Crippen LogP contribution in [-0.4, -0.2) is 41.1 Å². The second kappa shape index (κ2) is 4.58. The van der Waals surface area contributed by atoms with Crippen LogP contribution in [0.2, 0.25) is 0 Å². The summed E-state index contributed by atoms with van der Waals surface area (Å²) < 4.78 is 0. The molecular formula is C9H18N2O2. The van der Waals surface area contributed by atoms with Crippen LogP contribution < -0.4 is 5.73 Å². The van der Waals surface area contributed by atoms with Crippen LogP contribution >= 0.6 is 0 Å². The van der Waals surface area contributed by atoms with E-state index >= 15 is 0 Å². The van der Waals surface area contributed by atoms with Crippen LogP contribution in [-0.2, 0) is 4.79 Å². The molecule has 1 rings (SSSR count). The van der Waals surface area contributed by atoms with Gasteiger partial charge in [0.15, 0.2) is 0 Å². The van der Waals surface area contributed by atoms with E-state index in [9.17, 15) is 9.90 Å². The number of nitrogens with two attached hydrogens (primary N) is 1. The average molecular weight is 186 g/mol. The number of likely N-dealkylation sites (tertiary alicyclic amines) is 1. The van der Waals surface area contributed by atoms with Crippen molar-refractivity contribution in [1.29, 1.82) is 0 Å². The summed E-state index contributed by atoms with van der Waals surface area (Å²) >= 11 is 0. The summed E-state index contributed by atoms with van der Waals surface area (Å²) in [5.74, 6) is 0.0749. The highest BCUT2D eigenvalue weighted by Gasteiger charge is 2.30. The number of carbonyl (C=O) groups excluding carboxylic acids is 1. The Balaban J connectivity index is 2.52. The maximum absolute atomic E-state index is 11.5. The maximum atomic E-state index is 11.5. The van der Waals surface area contributed by atoms with Crippen LogP contribution in [0.25, 0.3) is 0 Å². The lowest BCUT2D eigenvalue weighted by Gasteiger charge is -2.26. The van der Waals surface area contributed by atoms with Crippen LogP contribution in [0.5, 0.6) is 0 Å². The summed E-state index contributed by atoms with van der Waals surface area (Å²) in [6, 6.07) is 0.0130. The van der Waals surface area contributed by atoms with E-state index in [2.05, 4.69) is 0 Å². The van der Waals surface area contributed by atoms with Crippen molar-refractivity contribution in [3.05, 3.63) is 0 Å². The largest absolute Gasteiger partial charge is 0.391 e. The SMILES string of the molecule is C[C@@H](O)[C@@H]1CCCN1C(=O)CCN. The van der Waals surface area contributed by atoms with Gasteiger partial charge in [0, 0.05) is 19.5 Å². The minimum Gasteiger partial charge on any atom is -0.391 e. The van der Waals surface area contributed by atoms with Gasteiger partial charge in [-0.05, 0) is 19.8 Å². The first-order chi connectivity index (χ1) is 6.16. The number of nitrogens with zero attached hydrogens (tertiary/aromatic N) is 1. The summed E-state index contributed by atoms with van der Waals surface area (Å²) in [4.78, 5) is 13.3. The first-order valence-corrected chi connectivity index (χ1v) is 4.84. The van der Waals surface area contributed by atoms with Gasteiger partial charge in [-0.25, -0.2) is 0 Å². The second-order valence-electron chi connectivity index (χ2n) is 3.58. The predicted molar refractivity (Wildman–Crippen MR) is 50.1 cm³/mol. The normalized spacial score (nSPS) is 24.8. The summed E-state index contributed by atoms with van der Waals surface area (Å²) in [7, 11) is 0. The molecule has 0 unspecified atom stereocenters. The lowest BCUT2D eigenvalue weighted by molar-refractivity contribution is -0.133. The molecule has 0 saturated carbocycles. The molecule has 0 aromatic rings. The van der Waals surface area contributed by atoms with Crippen molar-refractivity contribution in [2.24, 2.45) is 5.73 Å². The van der Waals surface area contributed by atoms with Gasteiger partial charge in [0.05, 0.1) is 12.1 Å². The molecular weight excluding hydrogens is 168 g/mol. The minimum atomic E-state index is -0.427. The molecule has 1 aliphatic heterocycles. The minimum absolute atomic E-state index is 0.0130. The van der Waals surface area contributed by atoms with E-state index in [0.29, 0.717) is 13.0 Å². The van der Waals surface area contributed by atoms with Gasteiger partial charge in [-0.15, -0.1) is 0 Å². The molecule has 1 saturated heterocycles. The highest BCUT2D eigenvalue weighted by Crippen LogP contribution is 2.20. The summed E-state index contributed by atoms with van der Waals surface area (Å²) in [6.07, 6.45) is 1.87. The fourth-order valence-corrected chi connectivity index (χ4v) is 1.87. The number of aliphatic hydroxyl groups excluding tert-OH is 1. The molecule has 0 spiro atoms. The lowest BCUT2D eigenvalue weighted by Crippen LogP contribution is -2.42. The zero-order valence-electron chi connectivity index (χ0n) is 8.07. The van der Waals surface area contributed by atoms with Crippen molar-refractivity contribution < 1.29 is 9.90 Å². The third-order valence-corrected chi connectivity index (χ3v) is 2.53. The predicted octanol–water partition coefficient (Wildman–Crippen LogP) is -0.293. The first-order valence-electron chi connectivity index (χ1n) is 4.84. The Hall–Kier alpha value is -0.610. The zero-order chi connectivity index (χ0) is 9.84. The Kier molecular flexibility index (Phi) is 3.69. The number of hydrogen-bond donors (Lipinski definition) is 2. The number of carbonyl (C=O) groups is 1. The van der Waals surface area contributed by atoms with Crippen LogP contribution in [0.15, 0.2) is 0 Å². The molecule has 1 fully saturated rings. The van der Waals surface area contributed by atoms with E-state index in [-0.39, 0.29) is 11.9 Å². The van der Waals surface area contributed by atoms with E-state index < -0.39 is 6.10 Å². The Morgan fingerprint density at radius 3 is 3.00 bits per heavy atom. The molecule has 3 N–H and O–H groups in total. The van der Waals surface area contributed by atoms with E-state index in [1.165, 1.54) is 0 Å². The van der Waals surface area contributed by atoms with Gasteiger partial charge in [-0.2, -0.15) is 0 Å². The van der Waals surface area contributed by atoms with E-state index in [1.54, 1.807) is 11.8 Å². The van der Waals surface area contributed by atoms with Crippen molar-refractivity contribution in [2.75, 3.05) is 13.1 Å². The first kappa shape index (κ1) is 10.5. The summed E-state index contributed by atoms with van der Waals surface area (Å²) in [6.45, 7) is 2.90. The third-order valence-electron chi connectivity index (χ3n) is 2.53. The van der Waals surface area contributed by atoms with Gasteiger partial charge in [-0.3, -0.25) is 4.79 Å². The molecule has 2 atom stereocenters. The Morgan fingerprint density at radius 2 is 2.46 bits per heavy atom. The number of hydrogen-bond acceptors (Lipinski definition) is 3. The van der Waals surface area contributed by atoms with E-state index in [4.69, 9.17) is 5.73 Å². The van der Waals surface area contributed by atoms with E-state index in [0.717, 1.165) is 19.4 Å². The molecule has 0 aromatic carbocycles. The molecule has 1 aliphatic rings. The van der Waals surface area contributed by atoms with Crippen molar-refractivity contribution in [2.45, 2.75) is 38.3 Å². The van der Waals surface area contributed by atoms with Crippen LogP contribution in [0, 0.1) is 0 Å². The van der Waals surface area contributed by atoms with Gasteiger partial charge < -0.3 is 15.7 Å². The topological polar surface area (TPSA) is 66.6 Å². The highest BCUT2D eigenvalue weighted by molar-refractivity contribution is 5.77. The molecule has 0 bridgehead atoms. The number of rotatable bonds is 3. The molecule has 13 heavy (non-hydrogen) atoms.